The van der Waals surface area contributed by atoms with Gasteiger partial charge in [0.05, 0.1) is 5.52 Å². The molecule has 3 aromatic rings. The van der Waals surface area contributed by atoms with E-state index in [2.05, 4.69) is 38.5 Å². The molecule has 2 amide bonds. The molecule has 0 bridgehead atoms. The van der Waals surface area contributed by atoms with Gasteiger partial charge in [0.2, 0.25) is 11.7 Å². The lowest BCUT2D eigenvalue weighted by atomic mass is 10.0. The Morgan fingerprint density at radius 2 is 1.85 bits per heavy atom. The van der Waals surface area contributed by atoms with E-state index in [0.717, 1.165) is 16.5 Å². The first-order valence-corrected chi connectivity index (χ1v) is 12.0. The molecule has 2 heterocycles. The van der Waals surface area contributed by atoms with Crippen LogP contribution in [0.2, 0.25) is 0 Å². The second kappa shape index (κ2) is 12.1. The maximum Gasteiger partial charge on any atom is 0.298 e. The molecule has 1 fully saturated rings. The summed E-state index contributed by atoms with van der Waals surface area (Å²) in [7, 11) is 2.19. The molecule has 1 aliphatic rings. The van der Waals surface area contributed by atoms with Crippen LogP contribution in [-0.2, 0) is 4.79 Å². The SMILES string of the molecule is C=CC(=O)Nc1cccc(-c2ccc3cnc(C(=O)NSC)nc3c2)c1.CN1CCCCC1. The Balaban J connectivity index is 0.000000374. The summed E-state index contributed by atoms with van der Waals surface area (Å²) in [4.78, 5) is 34.2. The molecule has 1 saturated heterocycles. The van der Waals surface area contributed by atoms with Gasteiger partial charge in [0.15, 0.2) is 0 Å². The fourth-order valence-corrected chi connectivity index (χ4v) is 3.75. The Bertz CT molecular complexity index is 1130. The standard InChI is InChI=1S/C19H16N4O2S.C6H13N/c1-3-17(24)21-15-6-4-5-12(9-15)13-7-8-14-11-20-18(19(25)23-26-2)22-16(14)10-13;1-7-5-3-2-4-6-7/h3-11H,1H2,2H3,(H,21,24)(H,23,25);2-6H2,1H3. The molecular formula is C25H29N5O2S. The molecule has 0 aliphatic carbocycles. The number of nitrogens with zero attached hydrogens (tertiary/aromatic N) is 3. The van der Waals surface area contributed by atoms with Crippen LogP contribution in [0.5, 0.6) is 0 Å². The number of carbonyl (C=O) groups excluding carboxylic acids is 2. The Labute approximate surface area is 198 Å². The van der Waals surface area contributed by atoms with Crippen molar-refractivity contribution in [3.8, 4) is 11.1 Å². The van der Waals surface area contributed by atoms with E-state index in [-0.39, 0.29) is 17.6 Å². The Morgan fingerprint density at radius 3 is 2.52 bits per heavy atom. The van der Waals surface area contributed by atoms with Crippen LogP contribution in [0.3, 0.4) is 0 Å². The molecule has 172 valence electrons. The van der Waals surface area contributed by atoms with Crippen LogP contribution in [0.4, 0.5) is 5.69 Å². The van der Waals surface area contributed by atoms with Crippen molar-refractivity contribution in [1.29, 1.82) is 0 Å². The number of fused-ring (bicyclic) bond motifs is 1. The van der Waals surface area contributed by atoms with E-state index in [9.17, 15) is 9.59 Å². The van der Waals surface area contributed by atoms with Crippen molar-refractivity contribution in [2.24, 2.45) is 0 Å². The average Bonchev–Trinajstić information content (AvgIpc) is 2.84. The van der Waals surface area contributed by atoms with Crippen LogP contribution < -0.4 is 10.0 Å². The van der Waals surface area contributed by atoms with E-state index < -0.39 is 0 Å². The van der Waals surface area contributed by atoms with E-state index in [4.69, 9.17) is 0 Å². The second-order valence-electron chi connectivity index (χ2n) is 7.74. The Kier molecular flexibility index (Phi) is 8.97. The number of anilines is 1. The molecule has 0 radical (unpaired) electrons. The molecule has 7 nitrogen and oxygen atoms in total. The summed E-state index contributed by atoms with van der Waals surface area (Å²) in [6.07, 6.45) is 8.88. The van der Waals surface area contributed by atoms with Gasteiger partial charge in [0, 0.05) is 23.5 Å². The van der Waals surface area contributed by atoms with Crippen molar-refractivity contribution in [1.82, 2.24) is 19.6 Å². The molecule has 0 spiro atoms. The number of rotatable bonds is 5. The summed E-state index contributed by atoms with van der Waals surface area (Å²) < 4.78 is 2.61. The van der Waals surface area contributed by atoms with Crippen molar-refractivity contribution >= 4 is 40.4 Å². The molecule has 1 aromatic heterocycles. The first-order valence-electron chi connectivity index (χ1n) is 10.8. The van der Waals surface area contributed by atoms with Gasteiger partial charge in [-0.1, -0.05) is 49.2 Å². The summed E-state index contributed by atoms with van der Waals surface area (Å²) in [6.45, 7) is 6.09. The van der Waals surface area contributed by atoms with Gasteiger partial charge in [0.1, 0.15) is 0 Å². The smallest absolute Gasteiger partial charge is 0.298 e. The number of amides is 2. The zero-order chi connectivity index (χ0) is 23.6. The predicted molar refractivity (Wildman–Crippen MR) is 136 cm³/mol. The number of likely N-dealkylation sites (tertiary alicyclic amines) is 1. The molecular weight excluding hydrogens is 434 g/mol. The van der Waals surface area contributed by atoms with E-state index >= 15 is 0 Å². The minimum absolute atomic E-state index is 0.121. The maximum absolute atomic E-state index is 11.9. The summed E-state index contributed by atoms with van der Waals surface area (Å²) in [5.74, 6) is -0.479. The molecule has 0 saturated carbocycles. The number of nitrogens with one attached hydrogen (secondary N) is 2. The molecule has 1 aliphatic heterocycles. The number of hydrogen-bond donors (Lipinski definition) is 2. The van der Waals surface area contributed by atoms with Gasteiger partial charge in [-0.05, 0) is 68.4 Å². The summed E-state index contributed by atoms with van der Waals surface area (Å²) in [6, 6.07) is 13.2. The minimum Gasteiger partial charge on any atom is -0.323 e. The van der Waals surface area contributed by atoms with E-state index in [1.54, 1.807) is 18.5 Å². The number of hydrogen-bond acceptors (Lipinski definition) is 6. The van der Waals surface area contributed by atoms with Crippen LogP contribution in [0.1, 0.15) is 29.9 Å². The first-order chi connectivity index (χ1) is 16.0. The summed E-state index contributed by atoms with van der Waals surface area (Å²) >= 11 is 1.20. The fourth-order valence-electron chi connectivity index (χ4n) is 3.47. The highest BCUT2D eigenvalue weighted by Crippen LogP contribution is 2.25. The van der Waals surface area contributed by atoms with Crippen molar-refractivity contribution < 1.29 is 9.59 Å². The Morgan fingerprint density at radius 1 is 1.09 bits per heavy atom. The van der Waals surface area contributed by atoms with E-state index in [0.29, 0.717) is 11.2 Å². The van der Waals surface area contributed by atoms with Gasteiger partial charge in [0.25, 0.3) is 5.91 Å². The summed E-state index contributed by atoms with van der Waals surface area (Å²) in [5.41, 5.74) is 3.18. The molecule has 0 unspecified atom stereocenters. The van der Waals surface area contributed by atoms with E-state index in [1.807, 2.05) is 36.4 Å². The third-order valence-corrected chi connectivity index (χ3v) is 5.60. The fraction of sp³-hybridized carbons (Fsp3) is 0.280. The zero-order valence-electron chi connectivity index (χ0n) is 19.0. The minimum atomic E-state index is -0.334. The molecule has 2 N–H and O–H groups in total. The van der Waals surface area contributed by atoms with Crippen LogP contribution >= 0.6 is 11.9 Å². The van der Waals surface area contributed by atoms with Gasteiger partial charge >= 0.3 is 0 Å². The first kappa shape index (κ1) is 24.4. The monoisotopic (exact) mass is 463 g/mol. The average molecular weight is 464 g/mol. The predicted octanol–water partition coefficient (Wildman–Crippen LogP) is 4.53. The van der Waals surface area contributed by atoms with Gasteiger partial charge < -0.3 is 10.2 Å². The maximum atomic E-state index is 11.9. The van der Waals surface area contributed by atoms with Gasteiger partial charge in [-0.25, -0.2) is 9.97 Å². The van der Waals surface area contributed by atoms with Crippen molar-refractivity contribution in [3.05, 3.63) is 67.1 Å². The third-order valence-electron chi connectivity index (χ3n) is 5.21. The number of piperidine rings is 1. The number of benzene rings is 2. The summed E-state index contributed by atoms with van der Waals surface area (Å²) in [5, 5.41) is 3.58. The molecule has 33 heavy (non-hydrogen) atoms. The van der Waals surface area contributed by atoms with E-state index in [1.165, 1.54) is 50.4 Å². The van der Waals surface area contributed by atoms with Crippen molar-refractivity contribution in [3.63, 3.8) is 0 Å². The third kappa shape index (κ3) is 7.13. The van der Waals surface area contributed by atoms with Gasteiger partial charge in [-0.15, -0.1) is 0 Å². The quantitative estimate of drug-likeness (QED) is 0.427. The van der Waals surface area contributed by atoms with Crippen LogP contribution in [-0.4, -0.2) is 53.1 Å². The lowest BCUT2D eigenvalue weighted by Crippen LogP contribution is -2.24. The zero-order valence-corrected chi connectivity index (χ0v) is 19.8. The molecule has 2 aromatic carbocycles. The van der Waals surface area contributed by atoms with Crippen LogP contribution in [0.15, 0.2) is 61.3 Å². The number of carbonyl (C=O) groups is 2. The topological polar surface area (TPSA) is 87.2 Å². The lowest BCUT2D eigenvalue weighted by Gasteiger charge is -2.20. The van der Waals surface area contributed by atoms with Crippen molar-refractivity contribution in [2.45, 2.75) is 19.3 Å². The molecule has 4 rings (SSSR count). The van der Waals surface area contributed by atoms with Gasteiger partial charge in [-0.3, -0.25) is 14.3 Å². The Hall–Kier alpha value is -3.23. The molecule has 8 heteroatoms. The van der Waals surface area contributed by atoms with Crippen LogP contribution in [0, 0.1) is 0 Å². The second-order valence-corrected chi connectivity index (χ2v) is 8.35. The van der Waals surface area contributed by atoms with Crippen molar-refractivity contribution in [2.75, 3.05) is 31.7 Å². The largest absolute Gasteiger partial charge is 0.323 e. The highest BCUT2D eigenvalue weighted by Gasteiger charge is 2.10. The lowest BCUT2D eigenvalue weighted by molar-refractivity contribution is -0.111. The molecule has 0 atom stereocenters. The van der Waals surface area contributed by atoms with Crippen LogP contribution in [0.25, 0.3) is 22.0 Å². The normalized spacial score (nSPS) is 13.5. The van der Waals surface area contributed by atoms with Gasteiger partial charge in [-0.2, -0.15) is 0 Å². The number of aromatic nitrogens is 2. The highest BCUT2D eigenvalue weighted by molar-refractivity contribution is 7.97. The highest BCUT2D eigenvalue weighted by atomic mass is 32.2.